The molecule has 1 atom stereocenters. The van der Waals surface area contributed by atoms with Gasteiger partial charge < -0.3 is 20.1 Å². The number of carbonyl (C=O) groups excluding carboxylic acids is 2. The zero-order valence-corrected chi connectivity index (χ0v) is 24.9. The zero-order valence-electron chi connectivity index (χ0n) is 24.9. The minimum absolute atomic E-state index is 0.162. The maximum Gasteiger partial charge on any atom is 0.326 e. The number of hydrogen-bond donors (Lipinski definition) is 2. The van der Waals surface area contributed by atoms with Gasteiger partial charge in [-0.1, -0.05) is 84.4 Å². The van der Waals surface area contributed by atoms with Gasteiger partial charge in [-0.25, -0.2) is 4.79 Å². The average molecular weight is 591 g/mol. The second-order valence-electron chi connectivity index (χ2n) is 11.3. The van der Waals surface area contributed by atoms with Crippen LogP contribution in [0.3, 0.4) is 0 Å². The molecule has 1 aliphatic rings. The van der Waals surface area contributed by atoms with Crippen molar-refractivity contribution < 1.29 is 24.2 Å². The van der Waals surface area contributed by atoms with Gasteiger partial charge in [-0.05, 0) is 61.6 Å². The van der Waals surface area contributed by atoms with Crippen LogP contribution in [-0.4, -0.2) is 46.9 Å². The second kappa shape index (κ2) is 14.5. The highest BCUT2D eigenvalue weighted by molar-refractivity contribution is 6.12. The zero-order chi connectivity index (χ0) is 30.9. The highest BCUT2D eigenvalue weighted by atomic mass is 16.5. The van der Waals surface area contributed by atoms with E-state index in [1.54, 1.807) is 48.5 Å². The molecule has 1 fully saturated rings. The predicted molar refractivity (Wildman–Crippen MR) is 171 cm³/mol. The van der Waals surface area contributed by atoms with E-state index in [1.807, 2.05) is 41.3 Å². The number of rotatable bonds is 15. The van der Waals surface area contributed by atoms with Gasteiger partial charge in [-0.15, -0.1) is 0 Å². The van der Waals surface area contributed by atoms with Gasteiger partial charge >= 0.3 is 5.97 Å². The molecule has 0 spiro atoms. The number of amides is 1. The fourth-order valence-electron chi connectivity index (χ4n) is 5.23. The Bertz CT molecular complexity index is 1580. The molecule has 7 heteroatoms. The Morgan fingerprint density at radius 3 is 2.32 bits per heavy atom. The van der Waals surface area contributed by atoms with Crippen LogP contribution >= 0.6 is 0 Å². The maximum atomic E-state index is 13.1. The fraction of sp³-hybridized carbons (Fsp3) is 0.270. The number of aryl methyl sites for hydroxylation is 1. The van der Waals surface area contributed by atoms with E-state index in [0.29, 0.717) is 48.7 Å². The number of carboxylic acid groups (broad SMARTS) is 1. The lowest BCUT2D eigenvalue weighted by molar-refractivity contribution is -0.138. The van der Waals surface area contributed by atoms with E-state index in [1.165, 1.54) is 5.56 Å². The summed E-state index contributed by atoms with van der Waals surface area (Å²) < 4.78 is 5.96. The molecule has 0 bridgehead atoms. The van der Waals surface area contributed by atoms with Gasteiger partial charge in [0.2, 0.25) is 5.91 Å². The molecule has 5 rings (SSSR count). The van der Waals surface area contributed by atoms with Crippen LogP contribution in [0.4, 0.5) is 5.69 Å². The molecule has 4 aromatic rings. The van der Waals surface area contributed by atoms with Crippen molar-refractivity contribution in [2.75, 3.05) is 18.5 Å². The molecule has 7 nitrogen and oxygen atoms in total. The Hall–Kier alpha value is -4.91. The third-order valence-corrected chi connectivity index (χ3v) is 7.73. The highest BCUT2D eigenvalue weighted by Gasteiger charge is 2.33. The summed E-state index contributed by atoms with van der Waals surface area (Å²) in [6.45, 7) is 3.76. The van der Waals surface area contributed by atoms with Crippen molar-refractivity contribution in [3.63, 3.8) is 0 Å². The van der Waals surface area contributed by atoms with Gasteiger partial charge in [0.05, 0.1) is 6.61 Å². The molecule has 4 aromatic carbocycles. The number of nitrogens with zero attached hydrogens (tertiary/aromatic N) is 1. The lowest BCUT2D eigenvalue weighted by Gasteiger charge is -2.23. The molecular formula is C37H38N2O5. The van der Waals surface area contributed by atoms with Crippen LogP contribution in [-0.2, 0) is 22.6 Å². The summed E-state index contributed by atoms with van der Waals surface area (Å²) in [5, 5.41) is 13.0. The molecule has 1 unspecified atom stereocenters. The van der Waals surface area contributed by atoms with Crippen LogP contribution in [0.25, 0.3) is 0 Å². The number of carboxylic acids is 1. The number of hydrogen-bond acceptors (Lipinski definition) is 5. The van der Waals surface area contributed by atoms with Crippen LogP contribution in [0.5, 0.6) is 5.75 Å². The topological polar surface area (TPSA) is 95.9 Å². The van der Waals surface area contributed by atoms with E-state index in [-0.39, 0.29) is 24.0 Å². The second-order valence-corrected chi connectivity index (χ2v) is 11.3. The van der Waals surface area contributed by atoms with E-state index >= 15 is 0 Å². The van der Waals surface area contributed by atoms with E-state index < -0.39 is 12.0 Å². The molecular weight excluding hydrogens is 552 g/mol. The van der Waals surface area contributed by atoms with Crippen molar-refractivity contribution in [3.05, 3.63) is 131 Å². The molecule has 0 aliphatic heterocycles. The summed E-state index contributed by atoms with van der Waals surface area (Å²) >= 11 is 0. The van der Waals surface area contributed by atoms with Crippen molar-refractivity contribution in [1.82, 2.24) is 4.90 Å². The van der Waals surface area contributed by atoms with E-state index in [9.17, 15) is 19.5 Å². The summed E-state index contributed by atoms with van der Waals surface area (Å²) in [7, 11) is 0. The summed E-state index contributed by atoms with van der Waals surface area (Å²) in [5.74, 6) is -0.108. The SMILES string of the molecule is Cc1cccc(CN(CCCOc2ccc(CC(Nc3ccccc3C(=O)c3ccccc3)C(=O)O)cc2)C(=O)C2CC2)c1. The molecule has 226 valence electrons. The highest BCUT2D eigenvalue weighted by Crippen LogP contribution is 2.31. The van der Waals surface area contributed by atoms with E-state index in [4.69, 9.17) is 4.74 Å². The largest absolute Gasteiger partial charge is 0.494 e. The van der Waals surface area contributed by atoms with Crippen molar-refractivity contribution in [2.45, 2.75) is 45.2 Å². The number of carbonyl (C=O) groups is 3. The first-order valence-electron chi connectivity index (χ1n) is 15.1. The molecule has 2 N–H and O–H groups in total. The van der Waals surface area contributed by atoms with Gasteiger partial charge in [0, 0.05) is 42.2 Å². The predicted octanol–water partition coefficient (Wildman–Crippen LogP) is 6.54. The van der Waals surface area contributed by atoms with Crippen LogP contribution in [0, 0.1) is 12.8 Å². The Balaban J connectivity index is 1.15. The van der Waals surface area contributed by atoms with Gasteiger partial charge in [0.1, 0.15) is 11.8 Å². The first-order valence-corrected chi connectivity index (χ1v) is 15.1. The summed E-state index contributed by atoms with van der Waals surface area (Å²) in [6, 6.07) is 30.6. The number of ether oxygens (including phenoxy) is 1. The summed E-state index contributed by atoms with van der Waals surface area (Å²) in [4.78, 5) is 40.1. The lowest BCUT2D eigenvalue weighted by Crippen LogP contribution is -2.33. The van der Waals surface area contributed by atoms with Gasteiger partial charge in [-0.2, -0.15) is 0 Å². The quantitative estimate of drug-likeness (QED) is 0.121. The minimum Gasteiger partial charge on any atom is -0.494 e. The Labute approximate surface area is 258 Å². The van der Waals surface area contributed by atoms with E-state index in [0.717, 1.165) is 24.0 Å². The van der Waals surface area contributed by atoms with Crippen molar-refractivity contribution >= 4 is 23.3 Å². The van der Waals surface area contributed by atoms with Gasteiger partial charge in [0.25, 0.3) is 0 Å². The Morgan fingerprint density at radius 1 is 0.886 bits per heavy atom. The average Bonchev–Trinajstić information content (AvgIpc) is 3.89. The Kier molecular flexibility index (Phi) is 10.1. The number of anilines is 1. The maximum absolute atomic E-state index is 13.1. The number of para-hydroxylation sites is 1. The lowest BCUT2D eigenvalue weighted by atomic mass is 10.00. The van der Waals surface area contributed by atoms with Crippen LogP contribution < -0.4 is 10.1 Å². The van der Waals surface area contributed by atoms with E-state index in [2.05, 4.69) is 30.4 Å². The third-order valence-electron chi connectivity index (χ3n) is 7.73. The van der Waals surface area contributed by atoms with Crippen LogP contribution in [0.2, 0.25) is 0 Å². The fourth-order valence-corrected chi connectivity index (χ4v) is 5.23. The molecule has 1 saturated carbocycles. The van der Waals surface area contributed by atoms with Crippen molar-refractivity contribution in [2.24, 2.45) is 5.92 Å². The summed E-state index contributed by atoms with van der Waals surface area (Å²) in [5.41, 5.74) is 4.58. The van der Waals surface area contributed by atoms with Gasteiger partial charge in [-0.3, -0.25) is 9.59 Å². The van der Waals surface area contributed by atoms with Gasteiger partial charge in [0.15, 0.2) is 5.78 Å². The smallest absolute Gasteiger partial charge is 0.326 e. The molecule has 0 saturated heterocycles. The van der Waals surface area contributed by atoms with Crippen molar-refractivity contribution in [1.29, 1.82) is 0 Å². The monoisotopic (exact) mass is 590 g/mol. The molecule has 0 radical (unpaired) electrons. The third kappa shape index (κ3) is 8.34. The van der Waals surface area contributed by atoms with Crippen molar-refractivity contribution in [3.8, 4) is 5.75 Å². The molecule has 0 aromatic heterocycles. The number of nitrogens with one attached hydrogen (secondary N) is 1. The Morgan fingerprint density at radius 2 is 1.61 bits per heavy atom. The first-order chi connectivity index (χ1) is 21.4. The first kappa shape index (κ1) is 30.5. The molecule has 1 aliphatic carbocycles. The molecule has 0 heterocycles. The number of benzene rings is 4. The van der Waals surface area contributed by atoms with Crippen LogP contribution in [0.15, 0.2) is 103 Å². The minimum atomic E-state index is -1.01. The number of aliphatic carboxylic acids is 1. The molecule has 44 heavy (non-hydrogen) atoms. The number of ketones is 1. The normalized spacial score (nSPS) is 13.1. The summed E-state index contributed by atoms with van der Waals surface area (Å²) in [6.07, 6.45) is 2.88. The van der Waals surface area contributed by atoms with Crippen LogP contribution in [0.1, 0.15) is 51.9 Å². The standard InChI is InChI=1S/C37H38N2O5/c1-26-9-7-10-28(23-26)25-39(36(41)30-17-18-30)21-8-22-44-31-19-15-27(16-20-31)24-34(37(42)43)38-33-14-6-5-13-32(33)35(40)29-11-3-2-4-12-29/h2-7,9-16,19-20,23,30,34,38H,8,17-18,21-22,24-25H2,1H3,(H,42,43). The molecule has 1 amide bonds.